The van der Waals surface area contributed by atoms with Crippen LogP contribution in [-0.2, 0) is 4.79 Å². The molecule has 8 bridgehead atoms. The molecule has 0 aromatic rings. The number of hydrogen-bond acceptors (Lipinski definition) is 1. The molecule has 26 heavy (non-hydrogen) atoms. The number of carbonyl (C=O) groups excluding carboxylic acids is 1. The number of rotatable bonds is 4. The summed E-state index contributed by atoms with van der Waals surface area (Å²) in [5.74, 6) is 4.82. The highest BCUT2D eigenvalue weighted by Crippen LogP contribution is 2.64. The smallest absolute Gasteiger partial charge is 0.220 e. The maximum Gasteiger partial charge on any atom is 0.220 e. The Morgan fingerprint density at radius 3 is 1.81 bits per heavy atom. The summed E-state index contributed by atoms with van der Waals surface area (Å²) in [4.78, 5) is 13.0. The monoisotopic (exact) mass is 375 g/mol. The van der Waals surface area contributed by atoms with E-state index in [9.17, 15) is 4.79 Å². The van der Waals surface area contributed by atoms with Gasteiger partial charge in [-0.05, 0) is 117 Å². The molecule has 144 valence electrons. The van der Waals surface area contributed by atoms with E-state index in [0.717, 1.165) is 49.0 Å². The van der Waals surface area contributed by atoms with Crippen LogP contribution in [0.1, 0.15) is 83.5 Å². The van der Waals surface area contributed by atoms with E-state index in [1.54, 1.807) is 0 Å². The molecule has 2 nitrogen and oxygen atoms in total. The number of nitrogens with one attached hydrogen (secondary N) is 1. The Hall–Kier alpha value is -0.240. The minimum Gasteiger partial charge on any atom is -0.356 e. The minimum absolute atomic E-state index is 0.0642. The summed E-state index contributed by atoms with van der Waals surface area (Å²) in [6.07, 6.45) is 16.9. The summed E-state index contributed by atoms with van der Waals surface area (Å²) in [6.45, 7) is 0.902. The van der Waals surface area contributed by atoms with Gasteiger partial charge in [-0.15, -0.1) is 11.6 Å². The lowest BCUT2D eigenvalue weighted by molar-refractivity contribution is -0.131. The van der Waals surface area contributed by atoms with Gasteiger partial charge in [0.05, 0.1) is 0 Å². The molecule has 0 aromatic carbocycles. The van der Waals surface area contributed by atoms with Crippen molar-refractivity contribution in [3.8, 4) is 0 Å². The van der Waals surface area contributed by atoms with Crippen molar-refractivity contribution in [2.75, 3.05) is 6.54 Å². The van der Waals surface area contributed by atoms with Gasteiger partial charge in [-0.1, -0.05) is 0 Å². The zero-order valence-corrected chi connectivity index (χ0v) is 16.8. The first-order valence-electron chi connectivity index (χ1n) is 11.4. The van der Waals surface area contributed by atoms with Gasteiger partial charge >= 0.3 is 0 Å². The van der Waals surface area contributed by atoms with Crippen LogP contribution >= 0.6 is 11.6 Å². The van der Waals surface area contributed by atoms with Gasteiger partial charge in [-0.2, -0.15) is 0 Å². The van der Waals surface area contributed by atoms with Crippen molar-refractivity contribution in [2.45, 2.75) is 88.3 Å². The Bertz CT molecular complexity index is 578. The molecule has 0 aromatic heterocycles. The molecule has 8 aliphatic carbocycles. The Morgan fingerprint density at radius 1 is 0.769 bits per heavy atom. The molecule has 8 rings (SSSR count). The van der Waals surface area contributed by atoms with Crippen LogP contribution in [0, 0.1) is 40.4 Å². The molecule has 8 fully saturated rings. The predicted octanol–water partition coefficient (Wildman–Crippen LogP) is 5.29. The fraction of sp³-hybridized carbons (Fsp3) is 0.957. The molecule has 0 saturated heterocycles. The Kier molecular flexibility index (Phi) is 3.48. The molecule has 1 N–H and O–H groups in total. The third-order valence-corrected chi connectivity index (χ3v) is 9.91. The summed E-state index contributed by atoms with van der Waals surface area (Å²) in [6, 6.07) is 0. The van der Waals surface area contributed by atoms with Gasteiger partial charge in [-0.25, -0.2) is 0 Å². The Balaban J connectivity index is 1.11. The lowest BCUT2D eigenvalue weighted by Crippen LogP contribution is -2.57. The van der Waals surface area contributed by atoms with Gasteiger partial charge in [0, 0.05) is 17.8 Å². The molecular weight excluding hydrogens is 342 g/mol. The molecule has 1 amide bonds. The molecule has 8 saturated carbocycles. The number of amides is 1. The van der Waals surface area contributed by atoms with Crippen molar-refractivity contribution in [3.05, 3.63) is 0 Å². The molecule has 0 spiro atoms. The Morgan fingerprint density at radius 2 is 1.27 bits per heavy atom. The lowest BCUT2D eigenvalue weighted by Gasteiger charge is -2.60. The summed E-state index contributed by atoms with van der Waals surface area (Å²) in [5.41, 5.74) is 0.691. The van der Waals surface area contributed by atoms with E-state index in [4.69, 9.17) is 11.6 Å². The van der Waals surface area contributed by atoms with Crippen LogP contribution in [0.2, 0.25) is 0 Å². The van der Waals surface area contributed by atoms with E-state index >= 15 is 0 Å². The minimum atomic E-state index is 0.0642. The van der Waals surface area contributed by atoms with Gasteiger partial charge in [0.15, 0.2) is 0 Å². The van der Waals surface area contributed by atoms with E-state index in [2.05, 4.69) is 5.32 Å². The second-order valence-corrected chi connectivity index (χ2v) is 12.8. The van der Waals surface area contributed by atoms with Crippen molar-refractivity contribution in [2.24, 2.45) is 40.4 Å². The summed E-state index contributed by atoms with van der Waals surface area (Å²) in [7, 11) is 0. The number of carbonyl (C=O) groups is 1. The third kappa shape index (κ3) is 2.68. The van der Waals surface area contributed by atoms with Crippen LogP contribution in [0.5, 0.6) is 0 Å². The predicted molar refractivity (Wildman–Crippen MR) is 104 cm³/mol. The second-order valence-electron chi connectivity index (χ2n) is 12.0. The van der Waals surface area contributed by atoms with Crippen molar-refractivity contribution in [1.82, 2.24) is 5.32 Å². The number of alkyl halides is 1. The van der Waals surface area contributed by atoms with E-state index in [1.807, 2.05) is 0 Å². The van der Waals surface area contributed by atoms with Gasteiger partial charge in [0.25, 0.3) is 0 Å². The molecule has 2 atom stereocenters. The van der Waals surface area contributed by atoms with Crippen LogP contribution < -0.4 is 5.32 Å². The van der Waals surface area contributed by atoms with Crippen LogP contribution in [-0.4, -0.2) is 17.3 Å². The zero-order valence-electron chi connectivity index (χ0n) is 16.1. The first-order chi connectivity index (χ1) is 12.4. The highest BCUT2D eigenvalue weighted by molar-refractivity contribution is 6.24. The zero-order chi connectivity index (χ0) is 17.6. The van der Waals surface area contributed by atoms with Gasteiger partial charge < -0.3 is 5.32 Å². The highest BCUT2D eigenvalue weighted by Gasteiger charge is 2.57. The van der Waals surface area contributed by atoms with E-state index in [0.29, 0.717) is 16.7 Å². The largest absolute Gasteiger partial charge is 0.356 e. The van der Waals surface area contributed by atoms with Crippen molar-refractivity contribution in [1.29, 1.82) is 0 Å². The fourth-order valence-electron chi connectivity index (χ4n) is 9.74. The lowest BCUT2D eigenvalue weighted by atomic mass is 9.48. The first-order valence-corrected chi connectivity index (χ1v) is 11.7. The highest BCUT2D eigenvalue weighted by atomic mass is 35.5. The fourth-order valence-corrected chi connectivity index (χ4v) is 10.5. The average molecular weight is 376 g/mol. The summed E-state index contributed by atoms with van der Waals surface area (Å²) in [5, 5.41) is 3.43. The molecule has 0 unspecified atom stereocenters. The molecule has 8 aliphatic rings. The molecule has 0 radical (unpaired) electrons. The second kappa shape index (κ2) is 5.43. The molecular formula is C23H34ClNO. The van der Waals surface area contributed by atoms with Gasteiger partial charge in [-0.3, -0.25) is 4.79 Å². The average Bonchev–Trinajstić information content (AvgIpc) is 2.49. The maximum atomic E-state index is 13.0. The normalized spacial score (nSPS) is 56.1. The summed E-state index contributed by atoms with van der Waals surface area (Å²) < 4.78 is 0. The van der Waals surface area contributed by atoms with Crippen LogP contribution in [0.3, 0.4) is 0 Å². The topological polar surface area (TPSA) is 29.1 Å². The van der Waals surface area contributed by atoms with Gasteiger partial charge in [0.2, 0.25) is 5.91 Å². The van der Waals surface area contributed by atoms with Crippen molar-refractivity contribution >= 4 is 17.5 Å². The van der Waals surface area contributed by atoms with Crippen molar-refractivity contribution < 1.29 is 4.79 Å². The third-order valence-electron chi connectivity index (χ3n) is 9.47. The maximum absolute atomic E-state index is 13.0. The SMILES string of the molecule is O=C(CC12CC3CC(CC(C3)C1)C2)NCC12C[C@H]3C[C@@H](CC(Cl)(C3)C1)C2. The van der Waals surface area contributed by atoms with Gasteiger partial charge in [0.1, 0.15) is 0 Å². The van der Waals surface area contributed by atoms with E-state index in [1.165, 1.54) is 70.6 Å². The molecule has 0 aliphatic heterocycles. The molecule has 3 heteroatoms. The van der Waals surface area contributed by atoms with Crippen molar-refractivity contribution in [3.63, 3.8) is 0 Å². The van der Waals surface area contributed by atoms with E-state index in [-0.39, 0.29) is 4.87 Å². The van der Waals surface area contributed by atoms with Crippen LogP contribution in [0.25, 0.3) is 0 Å². The standard InChI is InChI=1S/C23H34ClNO/c24-23-10-18-4-19(11-23)9-22(8-18,13-23)14-25-20(26)12-21-5-15-1-16(6-21)3-17(2-15)7-21/h15-19H,1-14H2,(H,25,26)/t15?,16?,17?,18-,19-,21?,22?,23?/m1/s1. The first kappa shape index (κ1) is 16.7. The molecule has 0 heterocycles. The van der Waals surface area contributed by atoms with Crippen LogP contribution in [0.15, 0.2) is 0 Å². The summed E-state index contributed by atoms with van der Waals surface area (Å²) >= 11 is 6.97. The number of halogens is 1. The van der Waals surface area contributed by atoms with Crippen LogP contribution in [0.4, 0.5) is 0 Å². The van der Waals surface area contributed by atoms with E-state index < -0.39 is 0 Å². The quantitative estimate of drug-likeness (QED) is 0.665. The number of hydrogen-bond donors (Lipinski definition) is 1. The Labute approximate surface area is 163 Å².